The largest absolute Gasteiger partial charge is 0.397 e. The minimum atomic E-state index is -0.0560. The average molecular weight is 280 g/mol. The van der Waals surface area contributed by atoms with E-state index in [-0.39, 0.29) is 11.8 Å². The van der Waals surface area contributed by atoms with Crippen LogP contribution in [0, 0.1) is 0 Å². The normalized spacial score (nSPS) is 17.1. The van der Waals surface area contributed by atoms with Gasteiger partial charge in [-0.1, -0.05) is 36.4 Å². The molecule has 0 aliphatic heterocycles. The maximum atomic E-state index is 12.9. The third-order valence-electron chi connectivity index (χ3n) is 4.30. The average Bonchev–Trinajstić information content (AvgIpc) is 2.53. The molecule has 1 amide bonds. The topological polar surface area (TPSA) is 46.3 Å². The summed E-state index contributed by atoms with van der Waals surface area (Å²) in [6.45, 7) is 0. The number of nitrogen functional groups attached to an aromatic ring is 1. The molecule has 0 spiro atoms. The number of nitrogens with zero attached hydrogens (tertiary/aromatic N) is 1. The van der Waals surface area contributed by atoms with E-state index in [1.807, 2.05) is 43.4 Å². The number of anilines is 2. The number of rotatable bonds is 2. The standard InChI is InChI=1S/C18H20N2O/c1-20(17-12-5-4-11-16(17)19)18(21)15-10-6-8-13-7-2-3-9-14(13)15/h2-5,7,9,11-12,15H,6,8,10,19H2,1H3. The fourth-order valence-corrected chi connectivity index (χ4v) is 3.16. The predicted molar refractivity (Wildman–Crippen MR) is 86.4 cm³/mol. The molecule has 0 bridgehead atoms. The molecule has 1 atom stereocenters. The third kappa shape index (κ3) is 2.51. The van der Waals surface area contributed by atoms with E-state index in [2.05, 4.69) is 12.1 Å². The zero-order valence-corrected chi connectivity index (χ0v) is 12.3. The molecule has 1 aliphatic rings. The smallest absolute Gasteiger partial charge is 0.234 e. The van der Waals surface area contributed by atoms with Gasteiger partial charge in [-0.05, 0) is 42.5 Å². The van der Waals surface area contributed by atoms with Gasteiger partial charge in [0.15, 0.2) is 0 Å². The van der Waals surface area contributed by atoms with E-state index in [1.165, 1.54) is 11.1 Å². The number of nitrogens with two attached hydrogens (primary N) is 1. The lowest BCUT2D eigenvalue weighted by molar-refractivity contribution is -0.120. The van der Waals surface area contributed by atoms with E-state index in [0.717, 1.165) is 24.9 Å². The lowest BCUT2D eigenvalue weighted by Gasteiger charge is -2.29. The minimum absolute atomic E-state index is 0.0560. The van der Waals surface area contributed by atoms with Gasteiger partial charge in [0.25, 0.3) is 0 Å². The van der Waals surface area contributed by atoms with Gasteiger partial charge < -0.3 is 10.6 Å². The summed E-state index contributed by atoms with van der Waals surface area (Å²) in [6, 6.07) is 15.8. The monoisotopic (exact) mass is 280 g/mol. The summed E-state index contributed by atoms with van der Waals surface area (Å²) in [5.74, 6) is 0.0691. The Morgan fingerprint density at radius 1 is 1.14 bits per heavy atom. The summed E-state index contributed by atoms with van der Waals surface area (Å²) in [5.41, 5.74) is 9.89. The Morgan fingerprint density at radius 2 is 1.86 bits per heavy atom. The van der Waals surface area contributed by atoms with Gasteiger partial charge in [0.2, 0.25) is 5.91 Å². The van der Waals surface area contributed by atoms with Gasteiger partial charge in [0.05, 0.1) is 17.3 Å². The van der Waals surface area contributed by atoms with Crippen molar-refractivity contribution in [1.29, 1.82) is 0 Å². The first-order valence-corrected chi connectivity index (χ1v) is 7.38. The van der Waals surface area contributed by atoms with E-state index < -0.39 is 0 Å². The number of carbonyl (C=O) groups is 1. The highest BCUT2D eigenvalue weighted by atomic mass is 16.2. The molecule has 3 nitrogen and oxygen atoms in total. The number of aryl methyl sites for hydroxylation is 1. The number of carbonyl (C=O) groups excluding carboxylic acids is 1. The number of fused-ring (bicyclic) bond motifs is 1. The van der Waals surface area contributed by atoms with E-state index in [4.69, 9.17) is 5.73 Å². The lowest BCUT2D eigenvalue weighted by atomic mass is 9.82. The van der Waals surface area contributed by atoms with E-state index in [1.54, 1.807) is 4.90 Å². The van der Waals surface area contributed by atoms with Crippen LogP contribution in [0.25, 0.3) is 0 Å². The molecular weight excluding hydrogens is 260 g/mol. The van der Waals surface area contributed by atoms with Crippen molar-refractivity contribution < 1.29 is 4.79 Å². The van der Waals surface area contributed by atoms with Gasteiger partial charge in [-0.3, -0.25) is 4.79 Å². The molecule has 0 heterocycles. The van der Waals surface area contributed by atoms with Gasteiger partial charge in [0.1, 0.15) is 0 Å². The van der Waals surface area contributed by atoms with Crippen LogP contribution in [0.4, 0.5) is 11.4 Å². The molecule has 1 aliphatic carbocycles. The summed E-state index contributed by atoms with van der Waals surface area (Å²) in [4.78, 5) is 14.6. The van der Waals surface area contributed by atoms with Gasteiger partial charge in [-0.15, -0.1) is 0 Å². The molecule has 21 heavy (non-hydrogen) atoms. The zero-order chi connectivity index (χ0) is 14.8. The molecular formula is C18H20N2O. The van der Waals surface area contributed by atoms with Crippen LogP contribution in [0.3, 0.4) is 0 Å². The summed E-state index contributed by atoms with van der Waals surface area (Å²) in [5, 5.41) is 0. The highest BCUT2D eigenvalue weighted by Gasteiger charge is 2.29. The molecule has 0 saturated heterocycles. The second-order valence-electron chi connectivity index (χ2n) is 5.60. The van der Waals surface area contributed by atoms with Crippen LogP contribution in [0.15, 0.2) is 48.5 Å². The van der Waals surface area contributed by atoms with E-state index in [9.17, 15) is 4.79 Å². The Bertz CT molecular complexity index is 666. The molecule has 0 fully saturated rings. The van der Waals surface area contributed by atoms with Gasteiger partial charge >= 0.3 is 0 Å². The van der Waals surface area contributed by atoms with Crippen LogP contribution in [0.2, 0.25) is 0 Å². The van der Waals surface area contributed by atoms with Crippen LogP contribution < -0.4 is 10.6 Å². The number of likely N-dealkylation sites (N-methyl/N-ethyl adjacent to an activating group) is 1. The van der Waals surface area contributed by atoms with Crippen LogP contribution in [-0.2, 0) is 11.2 Å². The van der Waals surface area contributed by atoms with Crippen molar-refractivity contribution in [2.45, 2.75) is 25.2 Å². The Morgan fingerprint density at radius 3 is 2.67 bits per heavy atom. The number of benzene rings is 2. The molecule has 2 aromatic rings. The van der Waals surface area contributed by atoms with Gasteiger partial charge in [-0.2, -0.15) is 0 Å². The summed E-state index contributed by atoms with van der Waals surface area (Å²) < 4.78 is 0. The van der Waals surface area contributed by atoms with Crippen molar-refractivity contribution in [3.8, 4) is 0 Å². The highest BCUT2D eigenvalue weighted by molar-refractivity contribution is 6.00. The first-order valence-electron chi connectivity index (χ1n) is 7.38. The van der Waals surface area contributed by atoms with Crippen LogP contribution >= 0.6 is 0 Å². The minimum Gasteiger partial charge on any atom is -0.397 e. The van der Waals surface area contributed by atoms with Crippen LogP contribution in [0.5, 0.6) is 0 Å². The second kappa shape index (κ2) is 5.60. The summed E-state index contributed by atoms with van der Waals surface area (Å²) in [6.07, 6.45) is 3.04. The lowest BCUT2D eigenvalue weighted by Crippen LogP contribution is -2.33. The quantitative estimate of drug-likeness (QED) is 0.857. The van der Waals surface area contributed by atoms with Crippen molar-refractivity contribution >= 4 is 17.3 Å². The molecule has 0 saturated carbocycles. The van der Waals surface area contributed by atoms with Crippen molar-refractivity contribution in [2.75, 3.05) is 17.7 Å². The summed E-state index contributed by atoms with van der Waals surface area (Å²) >= 11 is 0. The van der Waals surface area contributed by atoms with Crippen molar-refractivity contribution in [3.63, 3.8) is 0 Å². The fraction of sp³-hybridized carbons (Fsp3) is 0.278. The number of hydrogen-bond acceptors (Lipinski definition) is 2. The maximum absolute atomic E-state index is 12.9. The molecule has 0 aromatic heterocycles. The van der Waals surface area contributed by atoms with Crippen molar-refractivity contribution in [1.82, 2.24) is 0 Å². The SMILES string of the molecule is CN(C(=O)C1CCCc2ccccc21)c1ccccc1N. The zero-order valence-electron chi connectivity index (χ0n) is 12.3. The Balaban J connectivity index is 1.91. The predicted octanol–water partition coefficient (Wildman–Crippen LogP) is 3.35. The molecule has 2 aromatic carbocycles. The van der Waals surface area contributed by atoms with Crippen molar-refractivity contribution in [3.05, 3.63) is 59.7 Å². The molecule has 3 rings (SSSR count). The molecule has 2 N–H and O–H groups in total. The van der Waals surface area contributed by atoms with Crippen LogP contribution in [0.1, 0.15) is 29.9 Å². The summed E-state index contributed by atoms with van der Waals surface area (Å²) in [7, 11) is 1.81. The first-order chi connectivity index (χ1) is 10.2. The number of hydrogen-bond donors (Lipinski definition) is 1. The van der Waals surface area contributed by atoms with E-state index in [0.29, 0.717) is 5.69 Å². The Hall–Kier alpha value is -2.29. The highest BCUT2D eigenvalue weighted by Crippen LogP contribution is 2.34. The Kier molecular flexibility index (Phi) is 3.65. The molecule has 1 unspecified atom stereocenters. The fourth-order valence-electron chi connectivity index (χ4n) is 3.16. The van der Waals surface area contributed by atoms with E-state index >= 15 is 0 Å². The molecule has 108 valence electrons. The second-order valence-corrected chi connectivity index (χ2v) is 5.60. The van der Waals surface area contributed by atoms with Crippen LogP contribution in [-0.4, -0.2) is 13.0 Å². The maximum Gasteiger partial charge on any atom is 0.234 e. The Labute approximate surface area is 125 Å². The number of para-hydroxylation sites is 2. The third-order valence-corrected chi connectivity index (χ3v) is 4.30. The van der Waals surface area contributed by atoms with Gasteiger partial charge in [0, 0.05) is 7.05 Å². The molecule has 3 heteroatoms. The number of amides is 1. The van der Waals surface area contributed by atoms with Gasteiger partial charge in [-0.25, -0.2) is 0 Å². The van der Waals surface area contributed by atoms with Crippen molar-refractivity contribution in [2.24, 2.45) is 0 Å². The molecule has 0 radical (unpaired) electrons. The first kappa shape index (κ1) is 13.7.